The van der Waals surface area contributed by atoms with Crippen LogP contribution in [0.15, 0.2) is 73.5 Å². The monoisotopic (exact) mass is 551 g/mol. The number of benzene rings is 2. The second kappa shape index (κ2) is 9.88. The molecule has 5 rings (SSSR count). The summed E-state index contributed by atoms with van der Waals surface area (Å²) in [4.78, 5) is 4.28. The van der Waals surface area contributed by atoms with Crippen LogP contribution in [0.2, 0.25) is 10.0 Å². The van der Waals surface area contributed by atoms with Crippen molar-refractivity contribution in [2.24, 2.45) is 0 Å². The molecule has 0 radical (unpaired) electrons. The first-order chi connectivity index (χ1) is 16.9. The van der Waals surface area contributed by atoms with Crippen LogP contribution >= 0.6 is 23.2 Å². The molecule has 35 heavy (non-hydrogen) atoms. The Kier molecular flexibility index (Phi) is 6.83. The number of nitrogens with zero attached hydrogens (tertiary/aromatic N) is 4. The van der Waals surface area contributed by atoms with E-state index in [4.69, 9.17) is 43.6 Å². The second-order valence-corrected chi connectivity index (χ2v) is 9.93. The Morgan fingerprint density at radius 3 is 2.54 bits per heavy atom. The van der Waals surface area contributed by atoms with Crippen LogP contribution in [0.4, 0.5) is 4.39 Å². The zero-order valence-electron chi connectivity index (χ0n) is 19.0. The number of fused-ring (bicyclic) bond motifs is 1. The van der Waals surface area contributed by atoms with Crippen LogP contribution in [0, 0.1) is 5.82 Å². The number of hydrogen-bond acceptors (Lipinski definition) is 3. The Bertz CT molecular complexity index is 1380. The normalized spacial score (nSPS) is 17.8. The zero-order valence-corrected chi connectivity index (χ0v) is 21.6. The van der Waals surface area contributed by atoms with Crippen molar-refractivity contribution in [3.8, 4) is 11.3 Å². The average Bonchev–Trinajstić information content (AvgIpc) is 3.23. The fraction of sp³-hybridized carbons (Fsp3) is 0.185. The Morgan fingerprint density at radius 2 is 1.89 bits per heavy atom. The van der Waals surface area contributed by atoms with Gasteiger partial charge in [-0.15, -0.1) is 0 Å². The topological polar surface area (TPSA) is 24.3 Å². The van der Waals surface area contributed by atoms with E-state index < -0.39 is 5.82 Å². The average molecular weight is 552 g/mol. The number of hydrogen-bond donors (Lipinski definition) is 0. The van der Waals surface area contributed by atoms with Crippen LogP contribution in [0.1, 0.15) is 22.9 Å². The van der Waals surface area contributed by atoms with Gasteiger partial charge < -0.3 is 0 Å². The van der Waals surface area contributed by atoms with Gasteiger partial charge >= 0.3 is 223 Å². The minimum absolute atomic E-state index is 0.217. The number of rotatable bonds is 5. The van der Waals surface area contributed by atoms with Crippen molar-refractivity contribution in [3.63, 3.8) is 0 Å². The van der Waals surface area contributed by atoms with Gasteiger partial charge in [-0.25, -0.2) is 0 Å². The van der Waals surface area contributed by atoms with E-state index in [1.54, 1.807) is 18.2 Å². The molecule has 0 aliphatic carbocycles. The third kappa shape index (κ3) is 4.57. The van der Waals surface area contributed by atoms with Gasteiger partial charge in [0.05, 0.1) is 0 Å². The van der Waals surface area contributed by atoms with Gasteiger partial charge in [-0.2, -0.15) is 0 Å². The van der Waals surface area contributed by atoms with Gasteiger partial charge in [0.1, 0.15) is 0 Å². The summed E-state index contributed by atoms with van der Waals surface area (Å²) < 4.78 is 17.9. The van der Waals surface area contributed by atoms with Crippen molar-refractivity contribution in [2.45, 2.75) is 12.6 Å². The first-order valence-electron chi connectivity index (χ1n) is 11.2. The molecule has 2 aromatic carbocycles. The fourth-order valence-corrected chi connectivity index (χ4v) is 5.18. The Hall–Kier alpha value is -2.48. The maximum absolute atomic E-state index is 15.2. The zero-order chi connectivity index (χ0) is 24.7. The summed E-state index contributed by atoms with van der Waals surface area (Å²) in [5.74, 6) is -0.404. The SMILES string of the molecule is C=C[C](=[Co])N1CCn2nc(-c3ccc(Cl)cc3F)c(C3=CCN(C)C=C3)c2C1c1ccc(Cl)cc1. The molecule has 0 N–H and O–H groups in total. The molecular weight excluding hydrogens is 529 g/mol. The summed E-state index contributed by atoms with van der Waals surface area (Å²) in [5, 5.41) is 5.96. The van der Waals surface area contributed by atoms with Crippen molar-refractivity contribution in [2.75, 3.05) is 20.1 Å². The quantitative estimate of drug-likeness (QED) is 0.382. The second-order valence-electron chi connectivity index (χ2n) is 8.52. The van der Waals surface area contributed by atoms with Crippen LogP contribution in [-0.4, -0.2) is 44.3 Å². The molecule has 8 heteroatoms. The van der Waals surface area contributed by atoms with E-state index in [9.17, 15) is 0 Å². The molecule has 0 amide bonds. The van der Waals surface area contributed by atoms with Crippen LogP contribution in [0.3, 0.4) is 0 Å². The van der Waals surface area contributed by atoms with Gasteiger partial charge in [0.15, 0.2) is 0 Å². The molecule has 4 nitrogen and oxygen atoms in total. The van der Waals surface area contributed by atoms with E-state index in [1.165, 1.54) is 6.07 Å². The molecule has 1 atom stereocenters. The fourth-order valence-electron chi connectivity index (χ4n) is 4.64. The van der Waals surface area contributed by atoms with E-state index in [2.05, 4.69) is 28.5 Å². The van der Waals surface area contributed by atoms with Crippen LogP contribution in [0.25, 0.3) is 16.8 Å². The molecule has 0 fully saturated rings. The van der Waals surface area contributed by atoms with Gasteiger partial charge in [-0.05, 0) is 0 Å². The van der Waals surface area contributed by atoms with Gasteiger partial charge in [-0.3, -0.25) is 0 Å². The first kappa shape index (κ1) is 24.2. The van der Waals surface area contributed by atoms with Crippen molar-refractivity contribution in [3.05, 3.63) is 106 Å². The van der Waals surface area contributed by atoms with Gasteiger partial charge in [-0.1, -0.05) is 0 Å². The molecule has 0 saturated carbocycles. The minimum atomic E-state index is -0.404. The summed E-state index contributed by atoms with van der Waals surface area (Å²) in [6, 6.07) is 12.3. The van der Waals surface area contributed by atoms with E-state index in [1.807, 2.05) is 42.2 Å². The van der Waals surface area contributed by atoms with Crippen molar-refractivity contribution >= 4 is 33.4 Å². The van der Waals surface area contributed by atoms with E-state index in [-0.39, 0.29) is 6.04 Å². The van der Waals surface area contributed by atoms with Gasteiger partial charge in [0.25, 0.3) is 0 Å². The van der Waals surface area contributed by atoms with Crippen LogP contribution < -0.4 is 0 Å². The predicted octanol–water partition coefficient (Wildman–Crippen LogP) is 6.11. The molecular formula is C27H23Cl2CoFN4. The third-order valence-corrected chi connectivity index (χ3v) is 7.30. The van der Waals surface area contributed by atoms with Crippen molar-refractivity contribution in [1.82, 2.24) is 19.6 Å². The standard InChI is InChI=1S/C27H23Cl2FN4.Co/c1-3-12-33-15-16-34-27(26(33)19-4-6-20(28)7-5-19)24(18-10-13-32(2)14-11-18)25(31-34)22-9-8-21(29)17-23(22)30;/h3-11,13,17,26H,1,14-16H2,2H3;. The Labute approximate surface area is 222 Å². The third-order valence-electron chi connectivity index (χ3n) is 6.30. The summed E-state index contributed by atoms with van der Waals surface area (Å²) >= 11 is 17.1. The van der Waals surface area contributed by atoms with Gasteiger partial charge in [0, 0.05) is 0 Å². The molecule has 3 heterocycles. The van der Waals surface area contributed by atoms with E-state index in [0.29, 0.717) is 34.4 Å². The van der Waals surface area contributed by atoms with Gasteiger partial charge in [0.2, 0.25) is 0 Å². The maximum atomic E-state index is 15.2. The predicted molar refractivity (Wildman–Crippen MR) is 138 cm³/mol. The molecule has 1 aromatic heterocycles. The molecule has 2 aliphatic heterocycles. The number of allylic oxidation sites excluding steroid dienone is 2. The van der Waals surface area contributed by atoms with Crippen LogP contribution in [-0.2, 0) is 21.8 Å². The van der Waals surface area contributed by atoms with Crippen molar-refractivity contribution < 1.29 is 19.7 Å². The molecule has 0 spiro atoms. The van der Waals surface area contributed by atoms with Crippen LogP contribution in [0.5, 0.6) is 0 Å². The van der Waals surface area contributed by atoms with E-state index >= 15 is 4.39 Å². The molecule has 181 valence electrons. The first-order valence-corrected chi connectivity index (χ1v) is 12.4. The molecule has 0 saturated heterocycles. The molecule has 2 aliphatic rings. The Balaban J connectivity index is 1.79. The summed E-state index contributed by atoms with van der Waals surface area (Å²) in [6.07, 6.45) is 7.96. The number of halogens is 3. The number of likely N-dealkylation sites (N-methyl/N-ethyl adjacent to an activating group) is 1. The summed E-state index contributed by atoms with van der Waals surface area (Å²) in [5.41, 5.74) is 4.89. The molecule has 3 aromatic rings. The summed E-state index contributed by atoms with van der Waals surface area (Å²) in [7, 11) is 2.02. The van der Waals surface area contributed by atoms with E-state index in [0.717, 1.165) is 33.5 Å². The molecule has 0 bridgehead atoms. The number of aromatic nitrogens is 2. The molecule has 1 unspecified atom stereocenters. The summed E-state index contributed by atoms with van der Waals surface area (Å²) in [6.45, 7) is 5.97. The Morgan fingerprint density at radius 1 is 1.14 bits per heavy atom. The van der Waals surface area contributed by atoms with Crippen molar-refractivity contribution in [1.29, 1.82) is 0 Å².